The van der Waals surface area contributed by atoms with Gasteiger partial charge in [-0.25, -0.2) is 0 Å². The van der Waals surface area contributed by atoms with Gasteiger partial charge in [-0.15, -0.1) is 0 Å². The first-order valence-corrected chi connectivity index (χ1v) is 5.56. The molecule has 0 N–H and O–H groups in total. The van der Waals surface area contributed by atoms with E-state index in [1.807, 2.05) is 0 Å². The highest BCUT2D eigenvalue weighted by molar-refractivity contribution is 6.42. The molecule has 0 aromatic heterocycles. The largest absolute Gasteiger partial charge is 0.463 e. The number of carbonyl (C=O) groups excluding carboxylic acids is 1. The Morgan fingerprint density at radius 3 is 2.92 bits per heavy atom. The third-order valence-corrected chi connectivity index (χ3v) is 3.07. The van der Waals surface area contributed by atoms with Crippen molar-refractivity contribution in [3.05, 3.63) is 11.5 Å². The fraction of sp³-hybridized carbons (Fsp3) is 0.333. The molecule has 0 atom stereocenters. The number of nitriles is 1. The molecule has 4 nitrogen and oxygen atoms in total. The summed E-state index contributed by atoms with van der Waals surface area (Å²) in [5, 5.41) is 8.77. The van der Waals surface area contributed by atoms with E-state index in [-0.39, 0.29) is 6.42 Å². The molecular weight excluding hydrogens is 190 g/mol. The summed E-state index contributed by atoms with van der Waals surface area (Å²) in [6, 6.07) is 1.72. The topological polar surface area (TPSA) is 59.3 Å². The first-order valence-electron chi connectivity index (χ1n) is 3.46. The lowest BCUT2D eigenvalue weighted by Gasteiger charge is -2.04. The lowest BCUT2D eigenvalue weighted by atomic mass is 10.5. The number of hydrogen-bond acceptors (Lipinski definition) is 4. The van der Waals surface area contributed by atoms with E-state index in [4.69, 9.17) is 14.1 Å². The fourth-order valence-corrected chi connectivity index (χ4v) is 2.09. The van der Waals surface area contributed by atoms with Gasteiger partial charge in [0.1, 0.15) is 22.3 Å². The molecule has 0 fully saturated rings. The maximum absolute atomic E-state index is 10.8. The van der Waals surface area contributed by atoms with Gasteiger partial charge in [0.05, 0.1) is 6.07 Å². The van der Waals surface area contributed by atoms with Crippen LogP contribution in [0.15, 0.2) is 11.5 Å². The smallest absolute Gasteiger partial charge is 0.324 e. The Morgan fingerprint density at radius 2 is 2.50 bits per heavy atom. The molecule has 0 aliphatic rings. The van der Waals surface area contributed by atoms with Gasteiger partial charge in [0.15, 0.2) is 0 Å². The van der Waals surface area contributed by atoms with E-state index in [0.717, 1.165) is 0 Å². The molecule has 0 amide bonds. The maximum atomic E-state index is 10.8. The van der Waals surface area contributed by atoms with Gasteiger partial charge < -0.3 is 8.85 Å². The van der Waals surface area contributed by atoms with Crippen LogP contribution < -0.4 is 0 Å². The van der Waals surface area contributed by atoms with Gasteiger partial charge in [0, 0.05) is 0 Å². The summed E-state index contributed by atoms with van der Waals surface area (Å²) in [5.41, 5.74) is 0. The van der Waals surface area contributed by atoms with E-state index in [2.05, 4.69) is 0 Å². The Morgan fingerprint density at radius 1 is 1.83 bits per heavy atom. The molecular formula is C6H11NO3Si2. The van der Waals surface area contributed by atoms with Crippen LogP contribution in [0, 0.1) is 11.3 Å². The van der Waals surface area contributed by atoms with Crippen molar-refractivity contribution < 1.29 is 13.6 Å². The average molecular weight is 201 g/mol. The zero-order chi connectivity index (χ0) is 9.40. The van der Waals surface area contributed by atoms with E-state index >= 15 is 0 Å². The van der Waals surface area contributed by atoms with Gasteiger partial charge in [-0.2, -0.15) is 5.26 Å². The molecule has 0 spiro atoms. The number of ether oxygens (including phenoxy) is 1. The average Bonchev–Trinajstić information content (AvgIpc) is 2.04. The molecule has 0 aromatic carbocycles. The van der Waals surface area contributed by atoms with Crippen LogP contribution in [0.3, 0.4) is 0 Å². The summed E-state index contributed by atoms with van der Waals surface area (Å²) in [6.45, 7) is 1.78. The van der Waals surface area contributed by atoms with Crippen molar-refractivity contribution >= 4 is 26.2 Å². The van der Waals surface area contributed by atoms with Crippen LogP contribution in [-0.4, -0.2) is 26.2 Å². The molecule has 0 rings (SSSR count). The lowest BCUT2D eigenvalue weighted by molar-refractivity contribution is -0.137. The van der Waals surface area contributed by atoms with Gasteiger partial charge in [0.25, 0.3) is 0 Å². The Kier molecular flexibility index (Phi) is 6.27. The first-order chi connectivity index (χ1) is 5.74. The summed E-state index contributed by atoms with van der Waals surface area (Å²) in [7, 11) is -0.195. The second-order valence-corrected chi connectivity index (χ2v) is 5.29. The van der Waals surface area contributed by atoms with Crippen molar-refractivity contribution in [2.75, 3.05) is 0 Å². The van der Waals surface area contributed by atoms with Crippen molar-refractivity contribution in [1.82, 2.24) is 0 Å². The molecule has 0 saturated carbocycles. The number of nitrogens with zero attached hydrogens (tertiary/aromatic N) is 1. The van der Waals surface area contributed by atoms with Gasteiger partial charge in [-0.3, -0.25) is 4.79 Å². The Labute approximate surface area is 76.6 Å². The molecule has 0 aliphatic carbocycles. The standard InChI is InChI=1S/C6H11NO3Si2/c1-2-6(12-10-11)9-5(8)3-4-7/h2H,3,12H2,1,11H3/b6-2-. The molecule has 66 valence electrons. The second kappa shape index (κ2) is 6.78. The van der Waals surface area contributed by atoms with Crippen molar-refractivity contribution in [2.45, 2.75) is 13.3 Å². The molecule has 0 aliphatic heterocycles. The van der Waals surface area contributed by atoms with Gasteiger partial charge in [-0.05, 0) is 6.92 Å². The van der Waals surface area contributed by atoms with Gasteiger partial charge in [0.2, 0.25) is 9.76 Å². The normalized spacial score (nSPS) is 11.8. The molecule has 0 radical (unpaired) electrons. The SMILES string of the molecule is C/C=C(/OC(=O)CC#N)[SiH2]O[SiH3]. The second-order valence-electron chi connectivity index (χ2n) is 2.00. The number of carbonyl (C=O) groups is 1. The van der Waals surface area contributed by atoms with Crippen molar-refractivity contribution in [1.29, 1.82) is 5.26 Å². The minimum atomic E-state index is -0.854. The summed E-state index contributed by atoms with van der Waals surface area (Å²) >= 11 is 0. The first kappa shape index (κ1) is 11.1. The highest BCUT2D eigenvalue weighted by Crippen LogP contribution is 1.97. The minimum absolute atomic E-state index is 0.202. The van der Waals surface area contributed by atoms with Crippen LogP contribution in [0.25, 0.3) is 0 Å². The molecule has 0 unspecified atom stereocenters. The molecule has 0 heterocycles. The van der Waals surface area contributed by atoms with E-state index in [9.17, 15) is 4.79 Å². The van der Waals surface area contributed by atoms with E-state index in [1.165, 1.54) is 0 Å². The summed E-state index contributed by atoms with van der Waals surface area (Å²) in [4.78, 5) is 10.8. The van der Waals surface area contributed by atoms with Crippen LogP contribution in [0.4, 0.5) is 0 Å². The Balaban J connectivity index is 3.88. The Bertz CT molecular complexity index is 221. The Hall–Kier alpha value is -0.906. The number of hydrogen-bond donors (Lipinski definition) is 0. The minimum Gasteiger partial charge on any atom is -0.463 e. The van der Waals surface area contributed by atoms with Gasteiger partial charge >= 0.3 is 5.97 Å². The predicted octanol–water partition coefficient (Wildman–Crippen LogP) is -1.31. The summed E-state index contributed by atoms with van der Waals surface area (Å²) in [5.74, 6) is -0.503. The molecule has 6 heteroatoms. The monoisotopic (exact) mass is 201 g/mol. The summed E-state index contributed by atoms with van der Waals surface area (Å²) < 4.78 is 9.86. The maximum Gasteiger partial charge on any atom is 0.324 e. The third kappa shape index (κ3) is 4.84. The quantitative estimate of drug-likeness (QED) is 0.322. The highest BCUT2D eigenvalue weighted by Gasteiger charge is 2.05. The lowest BCUT2D eigenvalue weighted by Crippen LogP contribution is -2.09. The zero-order valence-corrected chi connectivity index (χ0v) is 10.6. The van der Waals surface area contributed by atoms with Crippen LogP contribution in [0.2, 0.25) is 0 Å². The molecule has 0 saturated heterocycles. The van der Waals surface area contributed by atoms with E-state index < -0.39 is 15.7 Å². The fourth-order valence-electron chi connectivity index (χ4n) is 0.561. The van der Waals surface area contributed by atoms with Crippen molar-refractivity contribution in [2.24, 2.45) is 0 Å². The van der Waals surface area contributed by atoms with Crippen LogP contribution in [0.5, 0.6) is 0 Å². The molecule has 12 heavy (non-hydrogen) atoms. The van der Waals surface area contributed by atoms with E-state index in [0.29, 0.717) is 15.9 Å². The third-order valence-electron chi connectivity index (χ3n) is 1.08. The molecule has 0 bridgehead atoms. The van der Waals surface area contributed by atoms with Crippen LogP contribution >= 0.6 is 0 Å². The van der Waals surface area contributed by atoms with Crippen LogP contribution in [-0.2, 0) is 13.6 Å². The number of esters is 1. The van der Waals surface area contributed by atoms with E-state index in [1.54, 1.807) is 19.1 Å². The number of rotatable bonds is 4. The van der Waals surface area contributed by atoms with Crippen LogP contribution in [0.1, 0.15) is 13.3 Å². The molecule has 0 aromatic rings. The summed E-state index contributed by atoms with van der Waals surface area (Å²) in [6.07, 6.45) is 1.51. The van der Waals surface area contributed by atoms with Crippen molar-refractivity contribution in [3.8, 4) is 6.07 Å². The zero-order valence-electron chi connectivity index (χ0n) is 7.16. The highest BCUT2D eigenvalue weighted by atomic mass is 28.3. The number of allylic oxidation sites excluding steroid dienone is 1. The predicted molar refractivity (Wildman–Crippen MR) is 49.6 cm³/mol. The van der Waals surface area contributed by atoms with Gasteiger partial charge in [-0.1, -0.05) is 6.08 Å². The van der Waals surface area contributed by atoms with Crippen molar-refractivity contribution in [3.63, 3.8) is 0 Å².